The zero-order valence-corrected chi connectivity index (χ0v) is 134. The Bertz CT molecular complexity index is 1170. The van der Waals surface area contributed by atoms with Crippen LogP contribution in [0.3, 0.4) is 0 Å². The van der Waals surface area contributed by atoms with E-state index in [4.69, 9.17) is 45.0 Å². The van der Waals surface area contributed by atoms with Crippen molar-refractivity contribution in [1.82, 2.24) is 0 Å². The molecule has 0 amide bonds. The maximum Gasteiger partial charge on any atom is 0.163 e. The molecule has 10 N–H and O–H groups in total. The molecule has 16 nitrogen and oxygen atoms in total. The van der Waals surface area contributed by atoms with Crippen molar-refractivity contribution in [2.24, 2.45) is 0 Å². The zero-order valence-electron chi connectivity index (χ0n) is 48.6. The Morgan fingerprint density at radius 1 is 0.378 bits per heavy atom. The predicted octanol–water partition coefficient (Wildman–Crippen LogP) is 0.979. The van der Waals surface area contributed by atoms with Crippen LogP contribution in [0.2, 0.25) is 0 Å². The fourth-order valence-corrected chi connectivity index (χ4v) is 6.48. The van der Waals surface area contributed by atoms with Crippen LogP contribution in [0.25, 0.3) is 11.5 Å². The average molecular weight is 3420 g/mol. The van der Waals surface area contributed by atoms with Crippen LogP contribution >= 0.6 is 0 Å². The Labute approximate surface area is 1250 Å². The van der Waals surface area contributed by atoms with Crippen LogP contribution in [0.15, 0.2) is 37.5 Å². The SMILES string of the molecule is C=CC[C@H]1OC(CO)[C@H](O)[C@H](O)C1O.C=C[C@H]([NH-])[C@@H]1OC(C)(C)O[C@@H]1CC.CC[C@H]1OC(C)(C)O[C@H]1[C@@H]([NH-])C=CC[C@H]1OC(CO)[C@H](O)[C@H](O)C1O.[Y].[Y].[Y].[Y].[Y].[Y].[Y].[Y].[Y].[Y].[Y].[Y].[Y].[Y].[Y].[Y].[Y].[Y].[Y].[Y].[Y].[Y].[Y].[Y].[Y].[Y].[Y].[Y].[Y].[Y]. The fraction of sp³-hybridized carbons (Fsp3) is 0.833. The van der Waals surface area contributed by atoms with Gasteiger partial charge in [0.1, 0.15) is 48.8 Å². The van der Waals surface area contributed by atoms with Crippen LogP contribution in [0.4, 0.5) is 0 Å². The van der Waals surface area contributed by atoms with E-state index in [2.05, 4.69) is 13.2 Å². The van der Waals surface area contributed by atoms with Gasteiger partial charge in [-0.3, -0.25) is 0 Å². The molecule has 4 rings (SSSR count). The smallest absolute Gasteiger partial charge is 0.163 e. The topological polar surface area (TPSA) is 265 Å². The summed E-state index contributed by atoms with van der Waals surface area (Å²) in [6, 6.07) is -1.04. The van der Waals surface area contributed by atoms with Crippen molar-refractivity contribution < 1.29 is 1050 Å². The third-order valence-electron chi connectivity index (χ3n) is 9.30. The maximum absolute atomic E-state index is 10.0. The van der Waals surface area contributed by atoms with Gasteiger partial charge in [0.05, 0.1) is 49.8 Å². The maximum atomic E-state index is 10.0. The standard InChI is InChI=1S/C17H30NO7.C10H18NO2.C9H16O5.30Y/c1-4-10-16(25-17(2,3)24-10)9(18)6-5-7-11-13(20)15(22)14(21)12(8-19)23-11;1-5-7(11)9-8(6-2)12-10(3,4)13-9;1-2-3-5-7(11)9(13)8(12)6(4-10)14-5;;;;;;;;;;;;;;;;;;;;;;;;;;;;;;/h5-6,9-16,18-22H,4,7-8H2,1-3H3;5,7-9,11H,1,6H2,2-4H3;2,5-13H,1,3-4H2;;;;;;;;;;;;;;;;;;;;;;;;;;;;;;/q2*-1;;;;;;;;;;;;;;;;;;;;;;;;;;;;;;;/t9-,10+,11+,12?,13?,14-,15+,16-;7-,8+,9-;5-,6?,7?,8+,9-;;;;;;;;;;;;;;;;;;;;;;;;;;;;;;/m001............................../s1. The molecule has 4 heterocycles. The van der Waals surface area contributed by atoms with Crippen LogP contribution in [0.5, 0.6) is 0 Å². The molecule has 0 spiro atoms. The number of aliphatic hydroxyl groups is 8. The van der Waals surface area contributed by atoms with Crippen molar-refractivity contribution in [2.45, 2.75) is 176 Å². The third-order valence-corrected chi connectivity index (χ3v) is 9.30. The van der Waals surface area contributed by atoms with Crippen LogP contribution in [0.1, 0.15) is 67.2 Å². The first-order chi connectivity index (χ1) is 24.3. The number of hydrogen-bond donors (Lipinski definition) is 8. The van der Waals surface area contributed by atoms with Gasteiger partial charge in [-0.1, -0.05) is 38.1 Å². The van der Waals surface area contributed by atoms with Gasteiger partial charge in [0, 0.05) is 981 Å². The molecule has 0 saturated carbocycles. The molecule has 4 fully saturated rings. The number of aliphatic hydroxyl groups excluding tert-OH is 8. The molecular weight excluding hydrogens is 3350 g/mol. The minimum atomic E-state index is -1.38. The molecule has 394 valence electrons. The Kier molecular flexibility index (Phi) is 298. The van der Waals surface area contributed by atoms with E-state index in [1.54, 1.807) is 24.3 Å². The first kappa shape index (κ1) is 201. The van der Waals surface area contributed by atoms with Gasteiger partial charge in [-0.2, -0.15) is 0 Å². The van der Waals surface area contributed by atoms with E-state index in [0.717, 1.165) is 12.8 Å². The van der Waals surface area contributed by atoms with Crippen LogP contribution < -0.4 is 0 Å². The molecule has 4 aliphatic rings. The van der Waals surface area contributed by atoms with Gasteiger partial charge < -0.3 is 80.7 Å². The molecule has 4 unspecified atom stereocenters. The molecule has 0 aromatic rings. The second kappa shape index (κ2) is 121. The minimum Gasteiger partial charge on any atom is -0.669 e. The molecule has 0 aromatic carbocycles. The number of nitrogens with one attached hydrogen (secondary N) is 2. The van der Waals surface area contributed by atoms with E-state index >= 15 is 0 Å². The second-order valence-corrected chi connectivity index (χ2v) is 14.3. The normalized spacial score (nSPS) is 26.0. The van der Waals surface area contributed by atoms with E-state index in [-0.39, 0.29) is 1010 Å². The van der Waals surface area contributed by atoms with Gasteiger partial charge >= 0.3 is 0 Å². The Balaban J connectivity index is -0.0000000167. The Morgan fingerprint density at radius 2 is 0.622 bits per heavy atom. The van der Waals surface area contributed by atoms with Gasteiger partial charge in [0.25, 0.3) is 0 Å². The van der Waals surface area contributed by atoms with Gasteiger partial charge in [-0.05, 0) is 53.4 Å². The molecule has 4 saturated heterocycles. The van der Waals surface area contributed by atoms with E-state index in [1.807, 2.05) is 41.5 Å². The first-order valence-corrected chi connectivity index (χ1v) is 18.0. The molecule has 0 aliphatic carbocycles. The summed E-state index contributed by atoms with van der Waals surface area (Å²) < 4.78 is 33.5. The molecule has 0 bridgehead atoms. The summed E-state index contributed by atoms with van der Waals surface area (Å²) in [7, 11) is 0. The summed E-state index contributed by atoms with van der Waals surface area (Å²) in [6.45, 7) is 17.7. The number of rotatable bonds is 12. The number of ether oxygens (including phenoxy) is 6. The van der Waals surface area contributed by atoms with Crippen molar-refractivity contribution in [2.75, 3.05) is 13.2 Å². The average Bonchev–Trinajstić information content (AvgIpc) is 3.62. The van der Waals surface area contributed by atoms with Crippen LogP contribution in [0, 0.1) is 0 Å². The Hall–Kier alpha value is 31.7. The predicted molar refractivity (Wildman–Crippen MR) is 191 cm³/mol. The van der Waals surface area contributed by atoms with E-state index in [9.17, 15) is 35.7 Å². The van der Waals surface area contributed by atoms with Gasteiger partial charge in [-0.15, -0.1) is 25.3 Å². The summed E-state index contributed by atoms with van der Waals surface area (Å²) >= 11 is 0. The monoisotopic (exact) mass is 3420 g/mol. The van der Waals surface area contributed by atoms with E-state index < -0.39 is 97.9 Å². The number of hydrogen-bond acceptors (Lipinski definition) is 14. The van der Waals surface area contributed by atoms with Gasteiger partial charge in [-0.25, -0.2) is 0 Å². The summed E-state index contributed by atoms with van der Waals surface area (Å²) in [5, 5.41) is 75.9. The molecular formula is C36H64N2O14Y30-2. The summed E-state index contributed by atoms with van der Waals surface area (Å²) in [5.74, 6) is -1.26. The van der Waals surface area contributed by atoms with Crippen molar-refractivity contribution in [3.63, 3.8) is 0 Å². The molecule has 82 heavy (non-hydrogen) atoms. The summed E-state index contributed by atoms with van der Waals surface area (Å²) in [4.78, 5) is 0. The Morgan fingerprint density at radius 3 is 0.854 bits per heavy atom. The van der Waals surface area contributed by atoms with E-state index in [1.165, 1.54) is 0 Å². The quantitative estimate of drug-likeness (QED) is 0.127. The summed E-state index contributed by atoms with van der Waals surface area (Å²) in [6.07, 6.45) is -2.83. The third kappa shape index (κ3) is 85.3. The molecule has 4 aliphatic heterocycles. The summed E-state index contributed by atoms with van der Waals surface area (Å²) in [5.41, 5.74) is 16.0. The van der Waals surface area contributed by atoms with Gasteiger partial charge in [0.2, 0.25) is 0 Å². The van der Waals surface area contributed by atoms with Crippen LogP contribution in [-0.2, 0) is 1010 Å². The van der Waals surface area contributed by atoms with Crippen molar-refractivity contribution in [3.8, 4) is 0 Å². The second-order valence-electron chi connectivity index (χ2n) is 14.3. The van der Waals surface area contributed by atoms with Gasteiger partial charge in [0.15, 0.2) is 11.6 Å². The minimum absolute atomic E-state index is 0. The molecule has 16 atom stereocenters. The fourth-order valence-electron chi connectivity index (χ4n) is 6.48. The van der Waals surface area contributed by atoms with Crippen molar-refractivity contribution in [1.29, 1.82) is 0 Å². The molecule has 30 radical (unpaired) electrons. The van der Waals surface area contributed by atoms with E-state index in [0.29, 0.717) is 6.42 Å². The molecule has 46 heteroatoms. The van der Waals surface area contributed by atoms with Crippen LogP contribution in [-0.4, -0.2) is 163 Å². The largest absolute Gasteiger partial charge is 0.669 e. The molecule has 0 aromatic heterocycles. The zero-order chi connectivity index (χ0) is 39.6. The van der Waals surface area contributed by atoms with Crippen molar-refractivity contribution in [3.05, 3.63) is 48.9 Å². The first-order valence-electron chi connectivity index (χ1n) is 18.0. The van der Waals surface area contributed by atoms with Crippen molar-refractivity contribution >= 4 is 0 Å².